The van der Waals surface area contributed by atoms with Gasteiger partial charge in [-0.3, -0.25) is 19.1 Å². The van der Waals surface area contributed by atoms with Crippen molar-refractivity contribution in [2.24, 2.45) is 5.73 Å². The summed E-state index contributed by atoms with van der Waals surface area (Å²) in [6, 6.07) is 0. The molecule has 3 N–H and O–H groups in total. The molecule has 30 heavy (non-hydrogen) atoms. The molecule has 1 saturated heterocycles. The molecule has 9 nitrogen and oxygen atoms in total. The van der Waals surface area contributed by atoms with E-state index in [1.54, 1.807) is 0 Å². The zero-order valence-corrected chi connectivity index (χ0v) is 20.6. The second kappa shape index (κ2) is 10.1. The van der Waals surface area contributed by atoms with E-state index in [0.717, 1.165) is 28.4 Å². The third-order valence-electron chi connectivity index (χ3n) is 4.24. The topological polar surface area (TPSA) is 126 Å². The molecule has 0 aromatic carbocycles. The minimum absolute atomic E-state index is 0.156. The van der Waals surface area contributed by atoms with Crippen molar-refractivity contribution in [3.8, 4) is 0 Å². The standard InChI is InChI=1S/C16H15Br3FN3O6S/c17-12-9(30-14(19)13(12)18)5-27-7-1-10(29-8(7)4-28-11(24)2-21)23-3-6(20)15(25)22-16(23)26/h3,7-8,10H,1-2,4-5,21H2,(H,22,25,26)/t7-,8+,10+/m0/s1. The Labute approximate surface area is 198 Å². The van der Waals surface area contributed by atoms with E-state index in [1.807, 2.05) is 4.98 Å². The number of ether oxygens (including phenoxy) is 3. The number of aromatic nitrogens is 2. The molecular formula is C16H15Br3FN3O6S. The Kier molecular flexibility index (Phi) is 8.03. The number of carbonyl (C=O) groups excluding carboxylic acids is 1. The van der Waals surface area contributed by atoms with Gasteiger partial charge in [0, 0.05) is 15.8 Å². The largest absolute Gasteiger partial charge is 0.462 e. The highest BCUT2D eigenvalue weighted by atomic mass is 79.9. The van der Waals surface area contributed by atoms with Gasteiger partial charge in [-0.15, -0.1) is 11.3 Å². The van der Waals surface area contributed by atoms with Gasteiger partial charge in [-0.2, -0.15) is 4.39 Å². The molecule has 0 radical (unpaired) electrons. The molecule has 1 aliphatic heterocycles. The van der Waals surface area contributed by atoms with E-state index in [2.05, 4.69) is 47.8 Å². The molecule has 14 heteroatoms. The molecule has 1 fully saturated rings. The molecule has 0 bridgehead atoms. The van der Waals surface area contributed by atoms with Crippen LogP contribution in [0.4, 0.5) is 4.39 Å². The average Bonchev–Trinajstić information content (AvgIpc) is 3.23. The van der Waals surface area contributed by atoms with Gasteiger partial charge in [-0.05, 0) is 47.8 Å². The van der Waals surface area contributed by atoms with Crippen molar-refractivity contribution in [3.05, 3.63) is 50.5 Å². The lowest BCUT2D eigenvalue weighted by Gasteiger charge is -2.18. The minimum Gasteiger partial charge on any atom is -0.462 e. The van der Waals surface area contributed by atoms with Crippen molar-refractivity contribution in [1.29, 1.82) is 0 Å². The number of aromatic amines is 1. The van der Waals surface area contributed by atoms with Crippen LogP contribution in [0, 0.1) is 5.82 Å². The summed E-state index contributed by atoms with van der Waals surface area (Å²) in [6.07, 6.45) is -1.27. The first-order valence-electron chi connectivity index (χ1n) is 8.47. The number of hydrogen-bond donors (Lipinski definition) is 2. The maximum atomic E-state index is 13.7. The zero-order valence-electron chi connectivity index (χ0n) is 15.0. The van der Waals surface area contributed by atoms with Gasteiger partial charge < -0.3 is 19.9 Å². The normalized spacial score (nSPS) is 21.2. The Balaban J connectivity index is 1.78. The average molecular weight is 636 g/mol. The van der Waals surface area contributed by atoms with Crippen LogP contribution in [0.2, 0.25) is 0 Å². The molecule has 2 aromatic rings. The fraction of sp³-hybridized carbons (Fsp3) is 0.438. The van der Waals surface area contributed by atoms with Crippen LogP contribution >= 0.6 is 59.1 Å². The number of H-pyrrole nitrogens is 1. The molecule has 0 spiro atoms. The number of nitrogens with one attached hydrogen (secondary N) is 1. The van der Waals surface area contributed by atoms with Crippen LogP contribution in [0.25, 0.3) is 0 Å². The number of thiophene rings is 1. The van der Waals surface area contributed by atoms with Crippen LogP contribution in [0.1, 0.15) is 17.5 Å². The third-order valence-corrected chi connectivity index (χ3v) is 9.33. The highest BCUT2D eigenvalue weighted by molar-refractivity contribution is 9.14. The molecule has 0 amide bonds. The Bertz CT molecular complexity index is 1060. The number of halogens is 4. The number of nitrogens with zero attached hydrogens (tertiary/aromatic N) is 1. The summed E-state index contributed by atoms with van der Waals surface area (Å²) in [6.45, 7) is -0.236. The number of nitrogens with two attached hydrogens (primary N) is 1. The van der Waals surface area contributed by atoms with E-state index in [-0.39, 0.29) is 26.2 Å². The number of rotatable bonds is 7. The summed E-state index contributed by atoms with van der Waals surface area (Å²) in [5.74, 6) is -1.74. The molecule has 0 saturated carbocycles. The van der Waals surface area contributed by atoms with Gasteiger partial charge in [0.25, 0.3) is 5.56 Å². The van der Waals surface area contributed by atoms with Gasteiger partial charge in [0.1, 0.15) is 18.9 Å². The first-order chi connectivity index (χ1) is 14.2. The third kappa shape index (κ3) is 5.29. The van der Waals surface area contributed by atoms with Gasteiger partial charge in [0.2, 0.25) is 5.82 Å². The van der Waals surface area contributed by atoms with Crippen molar-refractivity contribution < 1.29 is 23.4 Å². The predicted molar refractivity (Wildman–Crippen MR) is 116 cm³/mol. The fourth-order valence-electron chi connectivity index (χ4n) is 2.79. The second-order valence-electron chi connectivity index (χ2n) is 6.17. The minimum atomic E-state index is -1.12. The molecular weight excluding hydrogens is 621 g/mol. The SMILES string of the molecule is NCC(=O)OC[C@H]1O[C@@H](n2cc(F)c(=O)[nH]c2=O)C[C@@H]1OCc1sc(Br)c(Br)c1Br. The maximum Gasteiger partial charge on any atom is 0.330 e. The van der Waals surface area contributed by atoms with E-state index in [0.29, 0.717) is 0 Å². The van der Waals surface area contributed by atoms with Crippen LogP contribution in [0.3, 0.4) is 0 Å². The first kappa shape index (κ1) is 23.8. The highest BCUT2D eigenvalue weighted by Crippen LogP contribution is 2.42. The molecule has 3 rings (SSSR count). The molecule has 164 valence electrons. The quantitative estimate of drug-likeness (QED) is 0.448. The van der Waals surface area contributed by atoms with E-state index in [4.69, 9.17) is 19.9 Å². The Morgan fingerprint density at radius 1 is 1.37 bits per heavy atom. The van der Waals surface area contributed by atoms with Crippen molar-refractivity contribution in [2.75, 3.05) is 13.2 Å². The molecule has 3 atom stereocenters. The van der Waals surface area contributed by atoms with Gasteiger partial charge in [-0.1, -0.05) is 0 Å². The van der Waals surface area contributed by atoms with Crippen molar-refractivity contribution in [2.45, 2.75) is 31.5 Å². The summed E-state index contributed by atoms with van der Waals surface area (Å²) in [5, 5.41) is 0. The number of carbonyl (C=O) groups is 1. The summed E-state index contributed by atoms with van der Waals surface area (Å²) in [4.78, 5) is 37.6. The Morgan fingerprint density at radius 2 is 2.10 bits per heavy atom. The smallest absolute Gasteiger partial charge is 0.330 e. The second-order valence-corrected chi connectivity index (χ2v) is 10.2. The number of hydrogen-bond acceptors (Lipinski definition) is 8. The molecule has 1 aliphatic rings. The van der Waals surface area contributed by atoms with Crippen LogP contribution in [-0.2, 0) is 25.6 Å². The lowest BCUT2D eigenvalue weighted by molar-refractivity contribution is -0.149. The molecule has 2 aromatic heterocycles. The lowest BCUT2D eigenvalue weighted by Crippen LogP contribution is -2.34. The predicted octanol–water partition coefficient (Wildman–Crippen LogP) is 2.40. The van der Waals surface area contributed by atoms with Gasteiger partial charge in [0.15, 0.2) is 0 Å². The van der Waals surface area contributed by atoms with E-state index >= 15 is 0 Å². The van der Waals surface area contributed by atoms with E-state index in [1.165, 1.54) is 11.3 Å². The van der Waals surface area contributed by atoms with Gasteiger partial charge >= 0.3 is 11.7 Å². The summed E-state index contributed by atoms with van der Waals surface area (Å²) < 4.78 is 34.0. The summed E-state index contributed by atoms with van der Waals surface area (Å²) in [5.41, 5.74) is 3.31. The van der Waals surface area contributed by atoms with Gasteiger partial charge in [-0.25, -0.2) is 4.79 Å². The van der Waals surface area contributed by atoms with Crippen LogP contribution in [0.5, 0.6) is 0 Å². The van der Waals surface area contributed by atoms with Crippen molar-refractivity contribution in [3.63, 3.8) is 0 Å². The van der Waals surface area contributed by atoms with Crippen LogP contribution in [0.15, 0.2) is 28.5 Å². The highest BCUT2D eigenvalue weighted by Gasteiger charge is 2.38. The fourth-order valence-corrected chi connectivity index (χ4v) is 5.86. The monoisotopic (exact) mass is 633 g/mol. The van der Waals surface area contributed by atoms with E-state index < -0.39 is 41.5 Å². The summed E-state index contributed by atoms with van der Waals surface area (Å²) in [7, 11) is 0. The van der Waals surface area contributed by atoms with Crippen LogP contribution in [-0.4, -0.2) is 40.9 Å². The zero-order chi connectivity index (χ0) is 22.0. The van der Waals surface area contributed by atoms with Gasteiger partial charge in [0.05, 0.1) is 33.7 Å². The van der Waals surface area contributed by atoms with Crippen molar-refractivity contribution in [1.82, 2.24) is 9.55 Å². The van der Waals surface area contributed by atoms with E-state index in [9.17, 15) is 18.8 Å². The lowest BCUT2D eigenvalue weighted by atomic mass is 10.2. The first-order valence-corrected chi connectivity index (χ1v) is 11.7. The van der Waals surface area contributed by atoms with Crippen molar-refractivity contribution >= 4 is 65.1 Å². The molecule has 3 heterocycles. The number of esters is 1. The summed E-state index contributed by atoms with van der Waals surface area (Å²) >= 11 is 11.8. The molecule has 0 aliphatic carbocycles. The van der Waals surface area contributed by atoms with Crippen LogP contribution < -0.4 is 17.0 Å². The maximum absolute atomic E-state index is 13.7. The molecule has 0 unspecified atom stereocenters. The Morgan fingerprint density at radius 3 is 2.73 bits per heavy atom. The Hall–Kier alpha value is -0.900.